The number of carbonyl (C=O) groups is 2. The Morgan fingerprint density at radius 1 is 1.28 bits per heavy atom. The van der Waals surface area contributed by atoms with Crippen molar-refractivity contribution in [3.05, 3.63) is 22.8 Å². The Morgan fingerprint density at radius 2 is 1.97 bits per heavy atom. The molecule has 0 aromatic heterocycles. The van der Waals surface area contributed by atoms with E-state index in [0.717, 1.165) is 12.8 Å². The van der Waals surface area contributed by atoms with Gasteiger partial charge in [0.05, 0.1) is 17.9 Å². The largest absolute Gasteiger partial charge is 0.506 e. The van der Waals surface area contributed by atoms with Gasteiger partial charge in [0.2, 0.25) is 0 Å². The molecule has 3 rings (SSSR count). The van der Waals surface area contributed by atoms with E-state index >= 15 is 0 Å². The third-order valence-corrected chi connectivity index (χ3v) is 5.87. The molecular weight excluding hydrogens is 372 g/mol. The Labute approximate surface area is 171 Å². The summed E-state index contributed by atoms with van der Waals surface area (Å²) in [6.07, 6.45) is 5.48. The lowest BCUT2D eigenvalue weighted by Crippen LogP contribution is -2.36. The number of Topliss-reactive ketones (excluding diaryl/α,β-unsaturated/α-hetero) is 1. The van der Waals surface area contributed by atoms with Crippen LogP contribution in [0.25, 0.3) is 6.08 Å². The summed E-state index contributed by atoms with van der Waals surface area (Å²) in [5.41, 5.74) is 0.527. The molecule has 0 saturated carbocycles. The number of carboxylic acids is 1. The summed E-state index contributed by atoms with van der Waals surface area (Å²) in [5, 5.41) is 20.5. The molecule has 0 fully saturated rings. The Bertz CT molecular complexity index is 867. The topological polar surface area (TPSA) is 93.1 Å². The molecule has 1 aromatic carbocycles. The van der Waals surface area contributed by atoms with Crippen molar-refractivity contribution in [1.82, 2.24) is 0 Å². The van der Waals surface area contributed by atoms with Crippen LogP contribution in [0.5, 0.6) is 17.2 Å². The minimum Gasteiger partial charge on any atom is -0.506 e. The van der Waals surface area contributed by atoms with Gasteiger partial charge in [-0.3, -0.25) is 9.59 Å². The zero-order chi connectivity index (χ0) is 21.5. The van der Waals surface area contributed by atoms with Crippen molar-refractivity contribution < 1.29 is 29.3 Å². The number of phenolic OH excluding ortho intramolecular Hbond substituents is 1. The first kappa shape index (κ1) is 21.2. The van der Waals surface area contributed by atoms with E-state index in [9.17, 15) is 19.8 Å². The highest BCUT2D eigenvalue weighted by Gasteiger charge is 2.41. The molecule has 3 atom stereocenters. The van der Waals surface area contributed by atoms with Crippen LogP contribution in [-0.2, 0) is 4.79 Å². The third-order valence-electron chi connectivity index (χ3n) is 5.87. The van der Waals surface area contributed by atoms with Gasteiger partial charge in [0.15, 0.2) is 5.78 Å². The van der Waals surface area contributed by atoms with Gasteiger partial charge in [0.1, 0.15) is 34.5 Å². The first-order chi connectivity index (χ1) is 13.6. The smallest absolute Gasteiger partial charge is 0.303 e. The molecule has 2 aliphatic rings. The standard InChI is InChI=1S/C23H30O6/c1-6-7-8-14(11-16(24)25)17-21-15(9-10-23(4,5)29-21)20(27)18-19(26)12(2)13(3)28-22(17)18/h9-10,12-14,27H,6-8,11H2,1-5H3,(H,24,25). The summed E-state index contributed by atoms with van der Waals surface area (Å²) in [6, 6.07) is 0. The van der Waals surface area contributed by atoms with Gasteiger partial charge >= 0.3 is 5.97 Å². The van der Waals surface area contributed by atoms with Crippen molar-refractivity contribution >= 4 is 17.8 Å². The molecule has 0 spiro atoms. The fraction of sp³-hybridized carbons (Fsp3) is 0.565. The normalized spacial score (nSPS) is 22.9. The van der Waals surface area contributed by atoms with Gasteiger partial charge in [-0.25, -0.2) is 0 Å². The number of aliphatic carboxylic acids is 1. The van der Waals surface area contributed by atoms with Gasteiger partial charge in [0, 0.05) is 11.5 Å². The van der Waals surface area contributed by atoms with Gasteiger partial charge in [-0.05, 0) is 39.3 Å². The van der Waals surface area contributed by atoms with Crippen molar-refractivity contribution in [1.29, 1.82) is 0 Å². The van der Waals surface area contributed by atoms with Gasteiger partial charge < -0.3 is 19.7 Å². The van der Waals surface area contributed by atoms with Crippen LogP contribution >= 0.6 is 0 Å². The molecule has 158 valence electrons. The quantitative estimate of drug-likeness (QED) is 0.701. The maximum atomic E-state index is 13.1. The number of rotatable bonds is 6. The number of unbranched alkanes of at least 4 members (excludes halogenated alkanes) is 1. The van der Waals surface area contributed by atoms with Crippen molar-refractivity contribution in [2.45, 2.75) is 77.9 Å². The van der Waals surface area contributed by atoms with Crippen LogP contribution in [0.3, 0.4) is 0 Å². The number of hydrogen-bond donors (Lipinski definition) is 2. The van der Waals surface area contributed by atoms with Gasteiger partial charge in [-0.15, -0.1) is 0 Å². The predicted octanol–water partition coefficient (Wildman–Crippen LogP) is 4.92. The molecule has 0 bridgehead atoms. The molecule has 2 aliphatic heterocycles. The van der Waals surface area contributed by atoms with Crippen LogP contribution in [0.2, 0.25) is 0 Å². The molecule has 0 amide bonds. The Kier molecular flexibility index (Phi) is 5.65. The zero-order valence-corrected chi connectivity index (χ0v) is 17.7. The highest BCUT2D eigenvalue weighted by molar-refractivity contribution is 6.06. The van der Waals surface area contributed by atoms with E-state index in [1.807, 2.05) is 33.8 Å². The lowest BCUT2D eigenvalue weighted by Gasteiger charge is -2.37. The van der Waals surface area contributed by atoms with E-state index in [1.165, 1.54) is 0 Å². The first-order valence-corrected chi connectivity index (χ1v) is 10.3. The number of aromatic hydroxyl groups is 1. The second-order valence-corrected chi connectivity index (χ2v) is 8.66. The van der Waals surface area contributed by atoms with E-state index in [2.05, 4.69) is 0 Å². The second kappa shape index (κ2) is 7.73. The third kappa shape index (κ3) is 3.85. The van der Waals surface area contributed by atoms with Crippen LogP contribution in [0.4, 0.5) is 0 Å². The van der Waals surface area contributed by atoms with Crippen LogP contribution in [-0.4, -0.2) is 33.7 Å². The van der Waals surface area contributed by atoms with E-state index < -0.39 is 17.5 Å². The number of phenols is 1. The van der Waals surface area contributed by atoms with E-state index in [4.69, 9.17) is 9.47 Å². The number of carboxylic acid groups (broad SMARTS) is 1. The summed E-state index contributed by atoms with van der Waals surface area (Å²) in [7, 11) is 0. The van der Waals surface area contributed by atoms with E-state index in [-0.39, 0.29) is 41.3 Å². The number of benzene rings is 1. The summed E-state index contributed by atoms with van der Waals surface area (Å²) in [6.45, 7) is 9.42. The molecule has 0 aliphatic carbocycles. The van der Waals surface area contributed by atoms with Crippen molar-refractivity contribution in [3.63, 3.8) is 0 Å². The number of carbonyl (C=O) groups excluding carboxylic acids is 1. The molecule has 6 nitrogen and oxygen atoms in total. The molecule has 29 heavy (non-hydrogen) atoms. The average Bonchev–Trinajstić information content (AvgIpc) is 2.62. The first-order valence-electron chi connectivity index (χ1n) is 10.3. The van der Waals surface area contributed by atoms with Crippen LogP contribution in [0.1, 0.15) is 87.7 Å². The monoisotopic (exact) mass is 402 g/mol. The molecular formula is C23H30O6. The fourth-order valence-corrected chi connectivity index (χ4v) is 4.04. The minimum atomic E-state index is -0.921. The van der Waals surface area contributed by atoms with Gasteiger partial charge in [-0.1, -0.05) is 26.7 Å². The minimum absolute atomic E-state index is 0.0986. The Morgan fingerprint density at radius 3 is 2.59 bits per heavy atom. The average molecular weight is 402 g/mol. The van der Waals surface area contributed by atoms with E-state index in [1.54, 1.807) is 13.0 Å². The molecule has 3 unspecified atom stereocenters. The number of fused-ring (bicyclic) bond motifs is 2. The highest BCUT2D eigenvalue weighted by atomic mass is 16.5. The highest BCUT2D eigenvalue weighted by Crippen LogP contribution is 2.53. The van der Waals surface area contributed by atoms with Crippen molar-refractivity contribution in [2.75, 3.05) is 0 Å². The number of hydrogen-bond acceptors (Lipinski definition) is 5. The molecule has 2 N–H and O–H groups in total. The van der Waals surface area contributed by atoms with Crippen LogP contribution in [0, 0.1) is 5.92 Å². The summed E-state index contributed by atoms with van der Waals surface area (Å²) >= 11 is 0. The van der Waals surface area contributed by atoms with Gasteiger partial charge in [-0.2, -0.15) is 0 Å². The Hall–Kier alpha value is -2.50. The number of ether oxygens (including phenoxy) is 2. The van der Waals surface area contributed by atoms with Crippen LogP contribution < -0.4 is 9.47 Å². The second-order valence-electron chi connectivity index (χ2n) is 8.66. The summed E-state index contributed by atoms with van der Waals surface area (Å²) < 4.78 is 12.3. The van der Waals surface area contributed by atoms with Crippen molar-refractivity contribution in [2.24, 2.45) is 5.92 Å². The SMILES string of the molecule is CCCCC(CC(=O)O)c1c2c(c(O)c3c1OC(C)C(C)C3=O)C=CC(C)(C)O2. The molecule has 0 saturated heterocycles. The zero-order valence-electron chi connectivity index (χ0n) is 17.7. The molecule has 0 radical (unpaired) electrons. The van der Waals surface area contributed by atoms with Gasteiger partial charge in [0.25, 0.3) is 0 Å². The van der Waals surface area contributed by atoms with E-state index in [0.29, 0.717) is 23.3 Å². The maximum absolute atomic E-state index is 13.1. The molecule has 6 heteroatoms. The predicted molar refractivity (Wildman–Crippen MR) is 110 cm³/mol. The summed E-state index contributed by atoms with van der Waals surface area (Å²) in [4.78, 5) is 24.7. The lowest BCUT2D eigenvalue weighted by molar-refractivity contribution is -0.137. The fourth-order valence-electron chi connectivity index (χ4n) is 4.04. The lowest BCUT2D eigenvalue weighted by atomic mass is 9.81. The Balaban J connectivity index is 2.31. The molecule has 2 heterocycles. The maximum Gasteiger partial charge on any atom is 0.303 e. The molecule has 1 aromatic rings. The summed E-state index contributed by atoms with van der Waals surface area (Å²) in [5.74, 6) is -1.35. The van der Waals surface area contributed by atoms with Crippen LogP contribution in [0.15, 0.2) is 6.08 Å². The number of ketones is 1. The van der Waals surface area contributed by atoms with Crippen molar-refractivity contribution in [3.8, 4) is 17.2 Å².